The van der Waals surface area contributed by atoms with E-state index in [1.54, 1.807) is 0 Å². The van der Waals surface area contributed by atoms with Crippen LogP contribution in [-0.2, 0) is 24.2 Å². The van der Waals surface area contributed by atoms with Gasteiger partial charge in [0.05, 0.1) is 29.1 Å². The number of rotatable bonds is 9. The Labute approximate surface area is 124 Å². The molecule has 0 aromatic carbocycles. The quantitative estimate of drug-likeness (QED) is 0.559. The molecule has 19 heavy (non-hydrogen) atoms. The first-order valence-electron chi connectivity index (χ1n) is 6.77. The molecule has 0 aliphatic rings. The summed E-state index contributed by atoms with van der Waals surface area (Å²) in [6.45, 7) is 13.9. The SMILES string of the molecule is C=C(C)COCCNCc1c(Br)c(CC)nn1CC. The first-order valence-corrected chi connectivity index (χ1v) is 7.56. The van der Waals surface area contributed by atoms with Gasteiger partial charge in [-0.25, -0.2) is 0 Å². The summed E-state index contributed by atoms with van der Waals surface area (Å²) in [7, 11) is 0. The molecule has 1 N–H and O–H groups in total. The summed E-state index contributed by atoms with van der Waals surface area (Å²) in [4.78, 5) is 0. The third-order valence-electron chi connectivity index (χ3n) is 2.76. The number of nitrogens with one attached hydrogen (secondary N) is 1. The molecule has 4 nitrogen and oxygen atoms in total. The van der Waals surface area contributed by atoms with Crippen molar-refractivity contribution >= 4 is 15.9 Å². The number of hydrogen-bond acceptors (Lipinski definition) is 3. The minimum Gasteiger partial charge on any atom is -0.376 e. The smallest absolute Gasteiger partial charge is 0.0767 e. The number of halogens is 1. The fourth-order valence-electron chi connectivity index (χ4n) is 1.78. The summed E-state index contributed by atoms with van der Waals surface area (Å²) in [6, 6.07) is 0. The van der Waals surface area contributed by atoms with Crippen molar-refractivity contribution in [3.63, 3.8) is 0 Å². The van der Waals surface area contributed by atoms with E-state index in [0.717, 1.165) is 41.8 Å². The molecule has 1 aromatic heterocycles. The Kier molecular flexibility index (Phi) is 7.34. The predicted molar refractivity (Wildman–Crippen MR) is 82.3 cm³/mol. The van der Waals surface area contributed by atoms with Gasteiger partial charge >= 0.3 is 0 Å². The van der Waals surface area contributed by atoms with Crippen LogP contribution in [0.1, 0.15) is 32.2 Å². The van der Waals surface area contributed by atoms with Crippen LogP contribution in [0.2, 0.25) is 0 Å². The van der Waals surface area contributed by atoms with Crippen molar-refractivity contribution in [2.75, 3.05) is 19.8 Å². The van der Waals surface area contributed by atoms with Gasteiger partial charge in [-0.1, -0.05) is 19.1 Å². The summed E-state index contributed by atoms with van der Waals surface area (Å²) in [5.41, 5.74) is 3.39. The van der Waals surface area contributed by atoms with E-state index in [2.05, 4.69) is 46.8 Å². The number of aryl methyl sites for hydroxylation is 2. The van der Waals surface area contributed by atoms with Gasteiger partial charge < -0.3 is 10.1 Å². The van der Waals surface area contributed by atoms with Crippen LogP contribution in [0.3, 0.4) is 0 Å². The maximum Gasteiger partial charge on any atom is 0.0767 e. The molecule has 0 aliphatic heterocycles. The summed E-state index contributed by atoms with van der Waals surface area (Å²) in [6.07, 6.45) is 0.947. The van der Waals surface area contributed by atoms with Crippen LogP contribution in [0.25, 0.3) is 0 Å². The van der Waals surface area contributed by atoms with E-state index in [1.165, 1.54) is 5.69 Å². The number of hydrogen-bond donors (Lipinski definition) is 1. The molecule has 1 rings (SSSR count). The van der Waals surface area contributed by atoms with Gasteiger partial charge in [-0.05, 0) is 36.2 Å². The predicted octanol–water partition coefficient (Wildman–Crippen LogP) is 2.91. The van der Waals surface area contributed by atoms with Crippen molar-refractivity contribution in [2.45, 2.75) is 40.3 Å². The Morgan fingerprint density at radius 3 is 2.79 bits per heavy atom. The van der Waals surface area contributed by atoms with Crippen LogP contribution in [0.15, 0.2) is 16.6 Å². The van der Waals surface area contributed by atoms with Crippen molar-refractivity contribution in [1.29, 1.82) is 0 Å². The second-order valence-electron chi connectivity index (χ2n) is 4.56. The standard InChI is InChI=1S/C14H24BrN3O/c1-5-12-14(15)13(18(6-2)17-12)9-16-7-8-19-10-11(3)4/h16H,3,5-10H2,1-2,4H3. The Morgan fingerprint density at radius 1 is 1.47 bits per heavy atom. The highest BCUT2D eigenvalue weighted by molar-refractivity contribution is 9.10. The van der Waals surface area contributed by atoms with Gasteiger partial charge in [-0.15, -0.1) is 0 Å². The largest absolute Gasteiger partial charge is 0.376 e. The van der Waals surface area contributed by atoms with Crippen LogP contribution in [0.5, 0.6) is 0 Å². The molecule has 0 fully saturated rings. The Morgan fingerprint density at radius 2 is 2.21 bits per heavy atom. The molecule has 1 aromatic rings. The van der Waals surface area contributed by atoms with E-state index >= 15 is 0 Å². The zero-order valence-corrected chi connectivity index (χ0v) is 13.7. The zero-order valence-electron chi connectivity index (χ0n) is 12.1. The molecule has 0 bridgehead atoms. The highest BCUT2D eigenvalue weighted by Crippen LogP contribution is 2.22. The number of aromatic nitrogens is 2. The molecule has 0 aliphatic carbocycles. The molecule has 0 radical (unpaired) electrons. The van der Waals surface area contributed by atoms with Crippen molar-refractivity contribution in [1.82, 2.24) is 15.1 Å². The molecule has 0 unspecified atom stereocenters. The van der Waals surface area contributed by atoms with E-state index < -0.39 is 0 Å². The molecule has 1 heterocycles. The zero-order chi connectivity index (χ0) is 14.3. The molecule has 0 saturated heterocycles. The van der Waals surface area contributed by atoms with E-state index in [4.69, 9.17) is 4.74 Å². The number of nitrogens with zero attached hydrogens (tertiary/aromatic N) is 2. The summed E-state index contributed by atoms with van der Waals surface area (Å²) in [5, 5.41) is 7.95. The summed E-state index contributed by atoms with van der Waals surface area (Å²) < 4.78 is 8.63. The van der Waals surface area contributed by atoms with Crippen molar-refractivity contribution < 1.29 is 4.74 Å². The normalized spacial score (nSPS) is 10.9. The topological polar surface area (TPSA) is 39.1 Å². The van der Waals surface area contributed by atoms with Crippen LogP contribution >= 0.6 is 15.9 Å². The fraction of sp³-hybridized carbons (Fsp3) is 0.643. The Bertz CT molecular complexity index is 415. The highest BCUT2D eigenvalue weighted by atomic mass is 79.9. The fourth-order valence-corrected chi connectivity index (χ4v) is 2.49. The van der Waals surface area contributed by atoms with Gasteiger partial charge in [-0.3, -0.25) is 4.68 Å². The third kappa shape index (κ3) is 5.09. The Hall–Kier alpha value is -0.650. The highest BCUT2D eigenvalue weighted by Gasteiger charge is 2.12. The average Bonchev–Trinajstić information content (AvgIpc) is 2.69. The van der Waals surface area contributed by atoms with Gasteiger partial charge in [0.1, 0.15) is 0 Å². The minimum absolute atomic E-state index is 0.637. The molecular formula is C14H24BrN3O. The van der Waals surface area contributed by atoms with Crippen LogP contribution in [0, 0.1) is 0 Å². The number of ether oxygens (including phenoxy) is 1. The lowest BCUT2D eigenvalue weighted by Crippen LogP contribution is -2.21. The molecule has 0 saturated carbocycles. The maximum atomic E-state index is 5.45. The second-order valence-corrected chi connectivity index (χ2v) is 5.36. The summed E-state index contributed by atoms with van der Waals surface area (Å²) >= 11 is 3.64. The van der Waals surface area contributed by atoms with Gasteiger partial charge in [-0.2, -0.15) is 5.10 Å². The van der Waals surface area contributed by atoms with Crippen LogP contribution < -0.4 is 5.32 Å². The van der Waals surface area contributed by atoms with Gasteiger partial charge in [0, 0.05) is 19.6 Å². The monoisotopic (exact) mass is 329 g/mol. The molecule has 5 heteroatoms. The molecule has 0 atom stereocenters. The van der Waals surface area contributed by atoms with Crippen LogP contribution in [-0.4, -0.2) is 29.5 Å². The van der Waals surface area contributed by atoms with Crippen molar-refractivity contribution in [3.05, 3.63) is 28.0 Å². The summed E-state index contributed by atoms with van der Waals surface area (Å²) in [5.74, 6) is 0. The first kappa shape index (κ1) is 16.4. The van der Waals surface area contributed by atoms with E-state index in [0.29, 0.717) is 13.2 Å². The molecule has 0 spiro atoms. The second kappa shape index (κ2) is 8.51. The Balaban J connectivity index is 2.40. The minimum atomic E-state index is 0.637. The maximum absolute atomic E-state index is 5.45. The van der Waals surface area contributed by atoms with E-state index in [9.17, 15) is 0 Å². The molecule has 0 amide bonds. The molecule has 108 valence electrons. The van der Waals surface area contributed by atoms with Gasteiger partial charge in [0.2, 0.25) is 0 Å². The van der Waals surface area contributed by atoms with E-state index in [1.807, 2.05) is 11.6 Å². The lowest BCUT2D eigenvalue weighted by molar-refractivity contribution is 0.157. The first-order chi connectivity index (χ1) is 9.10. The van der Waals surface area contributed by atoms with Gasteiger partial charge in [0.25, 0.3) is 0 Å². The van der Waals surface area contributed by atoms with Gasteiger partial charge in [0.15, 0.2) is 0 Å². The van der Waals surface area contributed by atoms with E-state index in [-0.39, 0.29) is 0 Å². The lowest BCUT2D eigenvalue weighted by atomic mass is 10.3. The molecular weight excluding hydrogens is 306 g/mol. The lowest BCUT2D eigenvalue weighted by Gasteiger charge is -2.08. The van der Waals surface area contributed by atoms with Crippen molar-refractivity contribution in [2.24, 2.45) is 0 Å². The average molecular weight is 330 g/mol. The van der Waals surface area contributed by atoms with Crippen molar-refractivity contribution in [3.8, 4) is 0 Å². The van der Waals surface area contributed by atoms with Crippen LogP contribution in [0.4, 0.5) is 0 Å². The third-order valence-corrected chi connectivity index (χ3v) is 3.67.